The van der Waals surface area contributed by atoms with E-state index in [1.54, 1.807) is 12.4 Å². The van der Waals surface area contributed by atoms with Crippen molar-refractivity contribution in [3.05, 3.63) is 89.7 Å². The predicted molar refractivity (Wildman–Crippen MR) is 143 cm³/mol. The average Bonchev–Trinajstić information content (AvgIpc) is 2.96. The Labute approximate surface area is 213 Å². The van der Waals surface area contributed by atoms with Crippen LogP contribution in [0.1, 0.15) is 46.0 Å². The van der Waals surface area contributed by atoms with Crippen LogP contribution in [0, 0.1) is 5.92 Å². The number of benzene rings is 2. The van der Waals surface area contributed by atoms with Crippen molar-refractivity contribution >= 4 is 11.8 Å². The quantitative estimate of drug-likeness (QED) is 0.449. The molecule has 0 radical (unpaired) electrons. The minimum absolute atomic E-state index is 0.0576. The third-order valence-corrected chi connectivity index (χ3v) is 6.51. The molecular formula is C29H36N4O3. The van der Waals surface area contributed by atoms with Crippen molar-refractivity contribution in [2.45, 2.75) is 26.3 Å². The molecule has 1 fully saturated rings. The van der Waals surface area contributed by atoms with E-state index in [1.807, 2.05) is 60.7 Å². The van der Waals surface area contributed by atoms with Gasteiger partial charge in [0.1, 0.15) is 0 Å². The summed E-state index contributed by atoms with van der Waals surface area (Å²) in [5.41, 5.74) is 4.21. The first kappa shape index (κ1) is 27.0. The molecule has 4 rings (SSSR count). The van der Waals surface area contributed by atoms with Crippen LogP contribution in [0.5, 0.6) is 0 Å². The third kappa shape index (κ3) is 7.73. The van der Waals surface area contributed by atoms with Gasteiger partial charge in [-0.1, -0.05) is 31.2 Å². The number of rotatable bonds is 8. The number of pyridine rings is 1. The van der Waals surface area contributed by atoms with E-state index < -0.39 is 0 Å². The highest BCUT2D eigenvalue weighted by atomic mass is 16.2. The number of hydrogen-bond acceptors (Lipinski definition) is 5. The van der Waals surface area contributed by atoms with Crippen LogP contribution in [-0.2, 0) is 6.54 Å². The molecule has 7 heteroatoms. The number of nitrogens with zero attached hydrogens (tertiary/aromatic N) is 2. The molecule has 2 aromatic carbocycles. The summed E-state index contributed by atoms with van der Waals surface area (Å²) in [6, 6.07) is 18.8. The number of amides is 2. The zero-order valence-corrected chi connectivity index (χ0v) is 21.1. The molecule has 1 aromatic heterocycles. The van der Waals surface area contributed by atoms with Gasteiger partial charge < -0.3 is 20.6 Å². The Morgan fingerprint density at radius 2 is 1.53 bits per heavy atom. The van der Waals surface area contributed by atoms with Gasteiger partial charge in [-0.25, -0.2) is 0 Å². The molecule has 7 nitrogen and oxygen atoms in total. The van der Waals surface area contributed by atoms with E-state index in [-0.39, 0.29) is 11.8 Å². The van der Waals surface area contributed by atoms with Crippen molar-refractivity contribution in [1.82, 2.24) is 20.5 Å². The number of likely N-dealkylation sites (tertiary alicyclic amines) is 1. The predicted octanol–water partition coefficient (Wildman–Crippen LogP) is 3.75. The molecular weight excluding hydrogens is 452 g/mol. The molecule has 1 aliphatic rings. The molecule has 1 saturated heterocycles. The molecule has 2 heterocycles. The Balaban J connectivity index is 0.00000176. The SMILES string of the molecule is CCN1CCC(CNC(=O)c2cccc(CNC(=O)c3ccc(-c4ccncc4)cc3)c2)CC1.CO. The van der Waals surface area contributed by atoms with Gasteiger partial charge in [0.05, 0.1) is 0 Å². The van der Waals surface area contributed by atoms with Crippen LogP contribution in [0.3, 0.4) is 0 Å². The number of aromatic nitrogens is 1. The van der Waals surface area contributed by atoms with Crippen LogP contribution in [0.15, 0.2) is 73.1 Å². The van der Waals surface area contributed by atoms with Gasteiger partial charge in [-0.05, 0) is 91.5 Å². The molecule has 0 bridgehead atoms. The summed E-state index contributed by atoms with van der Waals surface area (Å²) in [7, 11) is 1.00. The summed E-state index contributed by atoms with van der Waals surface area (Å²) < 4.78 is 0. The number of aliphatic hydroxyl groups is 1. The number of carbonyl (C=O) groups is 2. The summed E-state index contributed by atoms with van der Waals surface area (Å²) in [4.78, 5) is 31.7. The molecule has 0 saturated carbocycles. The van der Waals surface area contributed by atoms with E-state index in [9.17, 15) is 9.59 Å². The van der Waals surface area contributed by atoms with Gasteiger partial charge in [-0.2, -0.15) is 0 Å². The molecule has 0 aliphatic carbocycles. The minimum atomic E-state index is -0.144. The lowest BCUT2D eigenvalue weighted by Crippen LogP contribution is -2.38. The fourth-order valence-electron chi connectivity index (χ4n) is 4.31. The van der Waals surface area contributed by atoms with Crippen molar-refractivity contribution in [3.8, 4) is 11.1 Å². The van der Waals surface area contributed by atoms with Crippen molar-refractivity contribution < 1.29 is 14.7 Å². The maximum atomic E-state index is 12.7. The number of carbonyl (C=O) groups excluding carboxylic acids is 2. The van der Waals surface area contributed by atoms with Crippen LogP contribution in [0.25, 0.3) is 11.1 Å². The monoisotopic (exact) mass is 488 g/mol. The largest absolute Gasteiger partial charge is 0.400 e. The third-order valence-electron chi connectivity index (χ3n) is 6.51. The fourth-order valence-corrected chi connectivity index (χ4v) is 4.31. The topological polar surface area (TPSA) is 94.6 Å². The smallest absolute Gasteiger partial charge is 0.251 e. The maximum absolute atomic E-state index is 12.7. The van der Waals surface area contributed by atoms with Gasteiger partial charge in [0.25, 0.3) is 11.8 Å². The second kappa shape index (κ2) is 14.1. The molecule has 0 unspecified atom stereocenters. The lowest BCUT2D eigenvalue weighted by molar-refractivity contribution is 0.0935. The van der Waals surface area contributed by atoms with Gasteiger partial charge in [0.15, 0.2) is 0 Å². The van der Waals surface area contributed by atoms with Crippen LogP contribution in [0.2, 0.25) is 0 Å². The summed E-state index contributed by atoms with van der Waals surface area (Å²) in [6.45, 7) is 6.59. The van der Waals surface area contributed by atoms with E-state index in [2.05, 4.69) is 27.4 Å². The Hall–Kier alpha value is -3.55. The first-order valence-corrected chi connectivity index (χ1v) is 12.4. The highest BCUT2D eigenvalue weighted by Crippen LogP contribution is 2.19. The Morgan fingerprint density at radius 3 is 2.19 bits per heavy atom. The lowest BCUT2D eigenvalue weighted by Gasteiger charge is -2.31. The first-order chi connectivity index (χ1) is 17.6. The molecule has 0 spiro atoms. The lowest BCUT2D eigenvalue weighted by atomic mass is 9.96. The maximum Gasteiger partial charge on any atom is 0.251 e. The molecule has 3 N–H and O–H groups in total. The minimum Gasteiger partial charge on any atom is -0.400 e. The summed E-state index contributed by atoms with van der Waals surface area (Å²) in [6.07, 6.45) is 5.76. The summed E-state index contributed by atoms with van der Waals surface area (Å²) >= 11 is 0. The van der Waals surface area contributed by atoms with Crippen molar-refractivity contribution in [1.29, 1.82) is 0 Å². The van der Waals surface area contributed by atoms with E-state index >= 15 is 0 Å². The zero-order valence-electron chi connectivity index (χ0n) is 21.1. The van der Waals surface area contributed by atoms with E-state index in [4.69, 9.17) is 5.11 Å². The van der Waals surface area contributed by atoms with Gasteiger partial charge in [0, 0.05) is 43.7 Å². The van der Waals surface area contributed by atoms with E-state index in [0.717, 1.165) is 56.3 Å². The van der Waals surface area contributed by atoms with Gasteiger partial charge in [-0.15, -0.1) is 0 Å². The van der Waals surface area contributed by atoms with Gasteiger partial charge in [0.2, 0.25) is 0 Å². The molecule has 0 atom stereocenters. The van der Waals surface area contributed by atoms with Crippen molar-refractivity contribution in [3.63, 3.8) is 0 Å². The highest BCUT2D eigenvalue weighted by Gasteiger charge is 2.19. The number of aliphatic hydroxyl groups excluding tert-OH is 1. The van der Waals surface area contributed by atoms with E-state index in [0.29, 0.717) is 30.1 Å². The van der Waals surface area contributed by atoms with Gasteiger partial charge in [-0.3, -0.25) is 14.6 Å². The molecule has 3 aromatic rings. The van der Waals surface area contributed by atoms with Crippen LogP contribution >= 0.6 is 0 Å². The van der Waals surface area contributed by atoms with Gasteiger partial charge >= 0.3 is 0 Å². The normalized spacial score (nSPS) is 13.9. The fraction of sp³-hybridized carbons (Fsp3) is 0.345. The molecule has 1 aliphatic heterocycles. The number of piperidine rings is 1. The second-order valence-electron chi connectivity index (χ2n) is 8.78. The summed E-state index contributed by atoms with van der Waals surface area (Å²) in [5, 5.41) is 13.0. The number of nitrogens with one attached hydrogen (secondary N) is 2. The number of hydrogen-bond donors (Lipinski definition) is 3. The first-order valence-electron chi connectivity index (χ1n) is 12.4. The van der Waals surface area contributed by atoms with Crippen LogP contribution in [-0.4, -0.2) is 60.1 Å². The molecule has 36 heavy (non-hydrogen) atoms. The Bertz CT molecular complexity index is 1100. The average molecular weight is 489 g/mol. The zero-order chi connectivity index (χ0) is 25.8. The van der Waals surface area contributed by atoms with Crippen LogP contribution in [0.4, 0.5) is 0 Å². The van der Waals surface area contributed by atoms with E-state index in [1.165, 1.54) is 0 Å². The second-order valence-corrected chi connectivity index (χ2v) is 8.78. The molecule has 190 valence electrons. The summed E-state index contributed by atoms with van der Waals surface area (Å²) in [5.74, 6) is 0.339. The highest BCUT2D eigenvalue weighted by molar-refractivity contribution is 5.95. The van der Waals surface area contributed by atoms with Crippen molar-refractivity contribution in [2.24, 2.45) is 5.92 Å². The van der Waals surface area contributed by atoms with Crippen LogP contribution < -0.4 is 10.6 Å². The van der Waals surface area contributed by atoms with Crippen molar-refractivity contribution in [2.75, 3.05) is 33.3 Å². The molecule has 2 amide bonds. The Morgan fingerprint density at radius 1 is 0.889 bits per heavy atom. The standard InChI is InChI=1S/C28H32N4O2.CH4O/c1-2-32-16-12-21(13-17-32)19-30-28(34)26-5-3-4-22(18-26)20-31-27(33)25-8-6-23(7-9-25)24-10-14-29-15-11-24;1-2/h3-11,14-15,18,21H,2,12-13,16-17,19-20H2,1H3,(H,30,34)(H,31,33);2H,1H3. The Kier molecular flexibility index (Phi) is 10.6.